The van der Waals surface area contributed by atoms with Crippen LogP contribution in [0.3, 0.4) is 0 Å². The summed E-state index contributed by atoms with van der Waals surface area (Å²) in [4.78, 5) is 4.28. The maximum absolute atomic E-state index is 13.6. The molecule has 0 saturated carbocycles. The van der Waals surface area contributed by atoms with Crippen molar-refractivity contribution in [2.24, 2.45) is 5.73 Å². The van der Waals surface area contributed by atoms with E-state index in [9.17, 15) is 4.39 Å². The molecule has 1 aromatic carbocycles. The summed E-state index contributed by atoms with van der Waals surface area (Å²) >= 11 is 7.18. The van der Waals surface area contributed by atoms with E-state index in [2.05, 4.69) is 4.98 Å². The van der Waals surface area contributed by atoms with Gasteiger partial charge in [-0.1, -0.05) is 23.7 Å². The van der Waals surface area contributed by atoms with Gasteiger partial charge in [-0.3, -0.25) is 0 Å². The van der Waals surface area contributed by atoms with Crippen molar-refractivity contribution < 1.29 is 4.39 Å². The van der Waals surface area contributed by atoms with Gasteiger partial charge in [0.05, 0.1) is 15.7 Å². The van der Waals surface area contributed by atoms with Gasteiger partial charge in [0.1, 0.15) is 5.82 Å². The van der Waals surface area contributed by atoms with Crippen molar-refractivity contribution in [2.75, 3.05) is 0 Å². The number of aromatic nitrogens is 1. The Kier molecular flexibility index (Phi) is 3.53. The van der Waals surface area contributed by atoms with Crippen LogP contribution in [-0.4, -0.2) is 4.98 Å². The molecule has 1 aromatic heterocycles. The highest BCUT2D eigenvalue weighted by molar-refractivity contribution is 7.09. The Hall–Kier alpha value is -0.970. The molecule has 0 unspecified atom stereocenters. The van der Waals surface area contributed by atoms with E-state index in [0.717, 1.165) is 10.7 Å². The van der Waals surface area contributed by atoms with Crippen molar-refractivity contribution in [1.29, 1.82) is 0 Å². The Morgan fingerprint density at radius 1 is 1.44 bits per heavy atom. The standard InChI is InChI=1S/C11H10ClFN2S/c12-9-3-1-2-7(11(9)13)4-10-15-8(5-14)6-16-10/h1-3,6H,4-5,14H2. The van der Waals surface area contributed by atoms with E-state index < -0.39 is 0 Å². The zero-order valence-corrected chi connectivity index (χ0v) is 9.98. The van der Waals surface area contributed by atoms with E-state index in [1.165, 1.54) is 17.4 Å². The first-order valence-electron chi connectivity index (χ1n) is 4.77. The molecule has 16 heavy (non-hydrogen) atoms. The molecular formula is C11H10ClFN2S. The van der Waals surface area contributed by atoms with Crippen molar-refractivity contribution >= 4 is 22.9 Å². The van der Waals surface area contributed by atoms with Crippen LogP contribution in [0.15, 0.2) is 23.6 Å². The van der Waals surface area contributed by atoms with Crippen molar-refractivity contribution in [3.8, 4) is 0 Å². The van der Waals surface area contributed by atoms with Crippen LogP contribution in [0.25, 0.3) is 0 Å². The summed E-state index contributed by atoms with van der Waals surface area (Å²) in [6.45, 7) is 0.411. The van der Waals surface area contributed by atoms with Crippen molar-refractivity contribution in [3.05, 3.63) is 50.7 Å². The zero-order chi connectivity index (χ0) is 11.5. The number of hydrogen-bond acceptors (Lipinski definition) is 3. The summed E-state index contributed by atoms with van der Waals surface area (Å²) in [5, 5.41) is 2.88. The second-order valence-corrected chi connectivity index (χ2v) is 4.68. The lowest BCUT2D eigenvalue weighted by molar-refractivity contribution is 0.614. The van der Waals surface area contributed by atoms with E-state index in [1.54, 1.807) is 12.1 Å². The van der Waals surface area contributed by atoms with Crippen molar-refractivity contribution in [1.82, 2.24) is 4.98 Å². The first kappa shape index (κ1) is 11.5. The molecule has 0 fully saturated rings. The van der Waals surface area contributed by atoms with Crippen LogP contribution in [0.1, 0.15) is 16.3 Å². The Balaban J connectivity index is 2.23. The largest absolute Gasteiger partial charge is 0.325 e. The maximum atomic E-state index is 13.6. The Bertz CT molecular complexity index is 498. The second kappa shape index (κ2) is 4.91. The average molecular weight is 257 g/mol. The van der Waals surface area contributed by atoms with Gasteiger partial charge in [-0.05, 0) is 11.6 Å². The summed E-state index contributed by atoms with van der Waals surface area (Å²) in [5.74, 6) is -0.367. The molecule has 0 saturated heterocycles. The van der Waals surface area contributed by atoms with Gasteiger partial charge < -0.3 is 5.73 Å². The molecule has 2 N–H and O–H groups in total. The van der Waals surface area contributed by atoms with E-state index in [1.807, 2.05) is 5.38 Å². The zero-order valence-electron chi connectivity index (χ0n) is 8.41. The molecule has 0 aliphatic heterocycles. The number of halogens is 2. The van der Waals surface area contributed by atoms with Crippen molar-refractivity contribution in [2.45, 2.75) is 13.0 Å². The molecule has 0 spiro atoms. The molecule has 5 heteroatoms. The van der Waals surface area contributed by atoms with Crippen LogP contribution >= 0.6 is 22.9 Å². The Morgan fingerprint density at radius 3 is 2.94 bits per heavy atom. The van der Waals surface area contributed by atoms with Gasteiger partial charge in [0, 0.05) is 18.3 Å². The number of rotatable bonds is 3. The van der Waals surface area contributed by atoms with Gasteiger partial charge in [0.2, 0.25) is 0 Å². The van der Waals surface area contributed by atoms with E-state index >= 15 is 0 Å². The fourth-order valence-corrected chi connectivity index (χ4v) is 2.40. The predicted molar refractivity (Wildman–Crippen MR) is 64.2 cm³/mol. The van der Waals surface area contributed by atoms with Crippen LogP contribution in [0.4, 0.5) is 4.39 Å². The third-order valence-electron chi connectivity index (χ3n) is 2.18. The topological polar surface area (TPSA) is 38.9 Å². The quantitative estimate of drug-likeness (QED) is 0.917. The van der Waals surface area contributed by atoms with E-state index in [-0.39, 0.29) is 10.8 Å². The molecule has 0 aliphatic rings. The minimum absolute atomic E-state index is 0.146. The average Bonchev–Trinajstić information content (AvgIpc) is 2.73. The SMILES string of the molecule is NCc1csc(Cc2cccc(Cl)c2F)n1. The molecule has 2 rings (SSSR count). The van der Waals surface area contributed by atoms with E-state index in [4.69, 9.17) is 17.3 Å². The van der Waals surface area contributed by atoms with Crippen LogP contribution in [0.2, 0.25) is 5.02 Å². The number of hydrogen-bond donors (Lipinski definition) is 1. The molecular weight excluding hydrogens is 247 g/mol. The van der Waals surface area contributed by atoms with Crippen LogP contribution in [0.5, 0.6) is 0 Å². The highest BCUT2D eigenvalue weighted by Crippen LogP contribution is 2.21. The van der Waals surface area contributed by atoms with Gasteiger partial charge in [-0.2, -0.15) is 0 Å². The fourth-order valence-electron chi connectivity index (χ4n) is 1.37. The highest BCUT2D eigenvalue weighted by atomic mass is 35.5. The minimum atomic E-state index is -0.367. The first-order valence-corrected chi connectivity index (χ1v) is 6.02. The fraction of sp³-hybridized carbons (Fsp3) is 0.182. The monoisotopic (exact) mass is 256 g/mol. The summed E-state index contributed by atoms with van der Waals surface area (Å²) in [6.07, 6.45) is 0.455. The van der Waals surface area contributed by atoms with Crippen LogP contribution in [0, 0.1) is 5.82 Å². The third-order valence-corrected chi connectivity index (χ3v) is 3.37. The first-order chi connectivity index (χ1) is 7.70. The third kappa shape index (κ3) is 2.40. The Morgan fingerprint density at radius 2 is 2.25 bits per heavy atom. The lowest BCUT2D eigenvalue weighted by Crippen LogP contribution is -1.97. The summed E-state index contributed by atoms with van der Waals surface area (Å²) < 4.78 is 13.6. The second-order valence-electron chi connectivity index (χ2n) is 3.33. The number of nitrogens with two attached hydrogens (primary N) is 1. The number of benzene rings is 1. The normalized spacial score (nSPS) is 10.7. The van der Waals surface area contributed by atoms with Crippen molar-refractivity contribution in [3.63, 3.8) is 0 Å². The Labute approximate surface area is 102 Å². The molecule has 0 aliphatic carbocycles. The molecule has 0 bridgehead atoms. The number of thiazole rings is 1. The van der Waals surface area contributed by atoms with Gasteiger partial charge in [0.15, 0.2) is 0 Å². The van der Waals surface area contributed by atoms with E-state index in [0.29, 0.717) is 18.5 Å². The molecule has 2 aromatic rings. The molecule has 0 radical (unpaired) electrons. The van der Waals surface area contributed by atoms with Crippen LogP contribution < -0.4 is 5.73 Å². The molecule has 1 heterocycles. The van der Waals surface area contributed by atoms with Gasteiger partial charge in [-0.25, -0.2) is 9.37 Å². The summed E-state index contributed by atoms with van der Waals surface area (Å²) in [6, 6.07) is 4.98. The number of nitrogens with zero attached hydrogens (tertiary/aromatic N) is 1. The van der Waals surface area contributed by atoms with Gasteiger partial charge in [0.25, 0.3) is 0 Å². The molecule has 84 valence electrons. The summed E-state index contributed by atoms with van der Waals surface area (Å²) in [7, 11) is 0. The minimum Gasteiger partial charge on any atom is -0.325 e. The van der Waals surface area contributed by atoms with Crippen LogP contribution in [-0.2, 0) is 13.0 Å². The summed E-state index contributed by atoms with van der Waals surface area (Å²) in [5.41, 5.74) is 6.86. The van der Waals surface area contributed by atoms with Gasteiger partial charge >= 0.3 is 0 Å². The lowest BCUT2D eigenvalue weighted by atomic mass is 10.1. The maximum Gasteiger partial charge on any atom is 0.145 e. The van der Waals surface area contributed by atoms with Gasteiger partial charge in [-0.15, -0.1) is 11.3 Å². The molecule has 2 nitrogen and oxygen atoms in total. The molecule has 0 atom stereocenters. The highest BCUT2D eigenvalue weighted by Gasteiger charge is 2.09. The lowest BCUT2D eigenvalue weighted by Gasteiger charge is -2.01. The predicted octanol–water partition coefficient (Wildman–Crippen LogP) is 2.99. The smallest absolute Gasteiger partial charge is 0.145 e. The molecule has 0 amide bonds.